The van der Waals surface area contributed by atoms with E-state index in [1.54, 1.807) is 18.2 Å². The molecule has 0 saturated heterocycles. The highest BCUT2D eigenvalue weighted by Crippen LogP contribution is 2.26. The van der Waals surface area contributed by atoms with Crippen molar-refractivity contribution in [3.8, 4) is 11.5 Å². The fourth-order valence-electron chi connectivity index (χ4n) is 3.28. The first-order valence-electron chi connectivity index (χ1n) is 11.7. The molecule has 0 unspecified atom stereocenters. The predicted molar refractivity (Wildman–Crippen MR) is 120 cm³/mol. The zero-order valence-electron chi connectivity index (χ0n) is 19.0. The standard InChI is InChI=1S/C25H40O5/c1-3-4-5-6-7-8-9-10-11-12-15-21-29-24(26)19-16-20-25(27)30-23-18-14-13-17-22(23)28-2/h13-14,17-18H,3-12,15-16,19-21H2,1-2H3. The summed E-state index contributed by atoms with van der Waals surface area (Å²) in [6.07, 6.45) is 14.8. The molecular weight excluding hydrogens is 380 g/mol. The molecule has 0 radical (unpaired) electrons. The van der Waals surface area contributed by atoms with E-state index in [-0.39, 0.29) is 24.8 Å². The molecule has 0 aliphatic carbocycles. The predicted octanol–water partition coefficient (Wildman–Crippen LogP) is 6.63. The van der Waals surface area contributed by atoms with Gasteiger partial charge in [0.15, 0.2) is 11.5 Å². The Hall–Kier alpha value is -2.04. The van der Waals surface area contributed by atoms with Crippen LogP contribution in [0.5, 0.6) is 11.5 Å². The van der Waals surface area contributed by atoms with E-state index in [1.165, 1.54) is 64.9 Å². The van der Waals surface area contributed by atoms with Crippen LogP contribution in [0.1, 0.15) is 96.8 Å². The van der Waals surface area contributed by atoms with Crippen molar-refractivity contribution in [1.29, 1.82) is 0 Å². The van der Waals surface area contributed by atoms with Gasteiger partial charge < -0.3 is 14.2 Å². The van der Waals surface area contributed by atoms with Gasteiger partial charge in [-0.25, -0.2) is 0 Å². The second kappa shape index (κ2) is 17.8. The Morgan fingerprint density at radius 3 is 1.83 bits per heavy atom. The molecule has 5 heteroatoms. The number of hydrogen-bond donors (Lipinski definition) is 0. The van der Waals surface area contributed by atoms with Crippen molar-refractivity contribution in [1.82, 2.24) is 0 Å². The summed E-state index contributed by atoms with van der Waals surface area (Å²) in [6, 6.07) is 6.99. The third-order valence-corrected chi connectivity index (χ3v) is 5.07. The fraction of sp³-hybridized carbons (Fsp3) is 0.680. The van der Waals surface area contributed by atoms with Crippen molar-refractivity contribution in [2.24, 2.45) is 0 Å². The second-order valence-corrected chi connectivity index (χ2v) is 7.73. The number of esters is 2. The van der Waals surface area contributed by atoms with Crippen LogP contribution in [0.15, 0.2) is 24.3 Å². The molecule has 0 aromatic heterocycles. The van der Waals surface area contributed by atoms with Gasteiger partial charge in [-0.15, -0.1) is 0 Å². The lowest BCUT2D eigenvalue weighted by Crippen LogP contribution is -2.11. The fourth-order valence-corrected chi connectivity index (χ4v) is 3.28. The quantitative estimate of drug-likeness (QED) is 0.152. The molecule has 170 valence electrons. The first-order chi connectivity index (χ1) is 14.7. The van der Waals surface area contributed by atoms with Crippen LogP contribution in [0.3, 0.4) is 0 Å². The molecule has 0 amide bonds. The van der Waals surface area contributed by atoms with E-state index in [4.69, 9.17) is 14.2 Å². The molecule has 0 atom stereocenters. The van der Waals surface area contributed by atoms with E-state index in [0.29, 0.717) is 24.5 Å². The highest BCUT2D eigenvalue weighted by molar-refractivity contribution is 5.74. The van der Waals surface area contributed by atoms with Crippen LogP contribution in [0.4, 0.5) is 0 Å². The van der Waals surface area contributed by atoms with E-state index in [0.717, 1.165) is 12.8 Å². The minimum absolute atomic E-state index is 0.172. The van der Waals surface area contributed by atoms with E-state index in [1.807, 2.05) is 6.07 Å². The summed E-state index contributed by atoms with van der Waals surface area (Å²) in [5.41, 5.74) is 0. The number of carbonyl (C=O) groups excluding carboxylic acids is 2. The number of benzene rings is 1. The Morgan fingerprint density at radius 1 is 0.700 bits per heavy atom. The molecule has 0 N–H and O–H groups in total. The minimum atomic E-state index is -0.377. The molecule has 1 aromatic rings. The van der Waals surface area contributed by atoms with Crippen LogP contribution in [0, 0.1) is 0 Å². The van der Waals surface area contributed by atoms with Gasteiger partial charge in [0.2, 0.25) is 0 Å². The average molecular weight is 421 g/mol. The number of hydrogen-bond acceptors (Lipinski definition) is 5. The van der Waals surface area contributed by atoms with Crippen molar-refractivity contribution in [3.05, 3.63) is 24.3 Å². The maximum Gasteiger partial charge on any atom is 0.311 e. The largest absolute Gasteiger partial charge is 0.493 e. The number of rotatable bonds is 18. The smallest absolute Gasteiger partial charge is 0.311 e. The highest BCUT2D eigenvalue weighted by atomic mass is 16.6. The Labute approximate surface area is 182 Å². The van der Waals surface area contributed by atoms with Crippen LogP contribution in [0.25, 0.3) is 0 Å². The third kappa shape index (κ3) is 13.2. The average Bonchev–Trinajstić information content (AvgIpc) is 2.75. The van der Waals surface area contributed by atoms with Gasteiger partial charge in [-0.05, 0) is 25.0 Å². The number of unbranched alkanes of at least 4 members (excludes halogenated alkanes) is 10. The lowest BCUT2D eigenvalue weighted by Gasteiger charge is -2.08. The maximum atomic E-state index is 11.9. The summed E-state index contributed by atoms with van der Waals surface area (Å²) in [4.78, 5) is 23.7. The van der Waals surface area contributed by atoms with Crippen molar-refractivity contribution in [2.45, 2.75) is 96.8 Å². The van der Waals surface area contributed by atoms with Gasteiger partial charge in [-0.3, -0.25) is 9.59 Å². The van der Waals surface area contributed by atoms with Crippen LogP contribution in [-0.2, 0) is 14.3 Å². The van der Waals surface area contributed by atoms with Gasteiger partial charge in [0.1, 0.15) is 0 Å². The zero-order chi connectivity index (χ0) is 21.9. The normalized spacial score (nSPS) is 10.6. The maximum absolute atomic E-state index is 11.9. The van der Waals surface area contributed by atoms with Gasteiger partial charge >= 0.3 is 11.9 Å². The van der Waals surface area contributed by atoms with Crippen LogP contribution < -0.4 is 9.47 Å². The highest BCUT2D eigenvalue weighted by Gasteiger charge is 2.11. The Morgan fingerprint density at radius 2 is 1.23 bits per heavy atom. The number of para-hydroxylation sites is 2. The van der Waals surface area contributed by atoms with E-state index >= 15 is 0 Å². The Balaban J connectivity index is 1.94. The summed E-state index contributed by atoms with van der Waals surface area (Å²) >= 11 is 0. The summed E-state index contributed by atoms with van der Waals surface area (Å²) < 4.78 is 15.7. The van der Waals surface area contributed by atoms with Crippen molar-refractivity contribution < 1.29 is 23.8 Å². The van der Waals surface area contributed by atoms with Gasteiger partial charge in [0.05, 0.1) is 13.7 Å². The van der Waals surface area contributed by atoms with Crippen molar-refractivity contribution in [3.63, 3.8) is 0 Å². The molecule has 0 heterocycles. The first-order valence-corrected chi connectivity index (χ1v) is 11.7. The molecule has 0 saturated carbocycles. The molecular formula is C25H40O5. The number of methoxy groups -OCH3 is 1. The molecule has 0 bridgehead atoms. The SMILES string of the molecule is CCCCCCCCCCCCCOC(=O)CCCC(=O)Oc1ccccc1OC. The van der Waals surface area contributed by atoms with E-state index in [2.05, 4.69) is 6.92 Å². The molecule has 0 aliphatic rings. The topological polar surface area (TPSA) is 61.8 Å². The summed E-state index contributed by atoms with van der Waals surface area (Å²) in [6.45, 7) is 2.72. The van der Waals surface area contributed by atoms with Gasteiger partial charge in [-0.1, -0.05) is 83.3 Å². The molecule has 1 rings (SSSR count). The van der Waals surface area contributed by atoms with Crippen LogP contribution >= 0.6 is 0 Å². The molecule has 1 aromatic carbocycles. The first kappa shape index (κ1) is 26.0. The van der Waals surface area contributed by atoms with Crippen LogP contribution in [-0.4, -0.2) is 25.7 Å². The minimum Gasteiger partial charge on any atom is -0.493 e. The molecule has 0 aliphatic heterocycles. The molecule has 0 fully saturated rings. The number of ether oxygens (including phenoxy) is 3. The van der Waals surface area contributed by atoms with Gasteiger partial charge in [-0.2, -0.15) is 0 Å². The molecule has 0 spiro atoms. The van der Waals surface area contributed by atoms with E-state index in [9.17, 15) is 9.59 Å². The van der Waals surface area contributed by atoms with Crippen LogP contribution in [0.2, 0.25) is 0 Å². The van der Waals surface area contributed by atoms with Gasteiger partial charge in [0, 0.05) is 12.8 Å². The lowest BCUT2D eigenvalue weighted by molar-refractivity contribution is -0.144. The van der Waals surface area contributed by atoms with E-state index < -0.39 is 0 Å². The lowest BCUT2D eigenvalue weighted by atomic mass is 10.1. The summed E-state index contributed by atoms with van der Waals surface area (Å²) in [5, 5.41) is 0. The number of carbonyl (C=O) groups is 2. The van der Waals surface area contributed by atoms with Gasteiger partial charge in [0.25, 0.3) is 0 Å². The Kier molecular flexibility index (Phi) is 15.4. The third-order valence-electron chi connectivity index (χ3n) is 5.07. The molecule has 30 heavy (non-hydrogen) atoms. The summed E-state index contributed by atoms with van der Waals surface area (Å²) in [5.74, 6) is 0.283. The Bertz CT molecular complexity index is 585. The monoisotopic (exact) mass is 420 g/mol. The zero-order valence-corrected chi connectivity index (χ0v) is 19.0. The van der Waals surface area contributed by atoms with Crippen molar-refractivity contribution >= 4 is 11.9 Å². The second-order valence-electron chi connectivity index (χ2n) is 7.73. The van der Waals surface area contributed by atoms with Crippen molar-refractivity contribution in [2.75, 3.05) is 13.7 Å². The summed E-state index contributed by atoms with van der Waals surface area (Å²) in [7, 11) is 1.53. The molecule has 5 nitrogen and oxygen atoms in total.